The minimum Gasteiger partial charge on any atom is -0.398 e. The molecule has 0 radical (unpaired) electrons. The van der Waals surface area contributed by atoms with Gasteiger partial charge in [-0.05, 0) is 34.1 Å². The third kappa shape index (κ3) is 2.94. The van der Waals surface area contributed by atoms with Gasteiger partial charge in [0.2, 0.25) is 0 Å². The summed E-state index contributed by atoms with van der Waals surface area (Å²) in [5, 5.41) is 0.639. The van der Waals surface area contributed by atoms with E-state index >= 15 is 0 Å². The summed E-state index contributed by atoms with van der Waals surface area (Å²) in [4.78, 5) is 3.86. The van der Waals surface area contributed by atoms with Crippen molar-refractivity contribution >= 4 is 59.7 Å². The molecule has 0 aliphatic heterocycles. The second kappa shape index (κ2) is 5.04. The van der Waals surface area contributed by atoms with Crippen LogP contribution in [0.1, 0.15) is 0 Å². The molecule has 0 aliphatic rings. The Hall–Kier alpha value is -0.830. The van der Waals surface area contributed by atoms with E-state index in [2.05, 4.69) is 25.6 Å². The third-order valence-corrected chi connectivity index (χ3v) is 5.13. The van der Waals surface area contributed by atoms with Crippen LogP contribution in [0, 0.1) is 0 Å². The summed E-state index contributed by atoms with van der Waals surface area (Å²) < 4.78 is 27.2. The first-order chi connectivity index (χ1) is 8.38. The minimum atomic E-state index is -3.75. The van der Waals surface area contributed by atoms with Gasteiger partial charge in [-0.3, -0.25) is 4.72 Å². The van der Waals surface area contributed by atoms with Gasteiger partial charge in [-0.15, -0.1) is 0 Å². The van der Waals surface area contributed by atoms with Crippen LogP contribution in [0.25, 0.3) is 0 Å². The Morgan fingerprint density at radius 2 is 2.17 bits per heavy atom. The maximum absolute atomic E-state index is 12.1. The van der Waals surface area contributed by atoms with E-state index in [4.69, 9.17) is 17.3 Å². The number of anilines is 2. The summed E-state index contributed by atoms with van der Waals surface area (Å²) >= 11 is 10.1. The highest BCUT2D eigenvalue weighted by atomic mass is 79.9. The van der Waals surface area contributed by atoms with Crippen molar-refractivity contribution in [3.8, 4) is 0 Å². The number of aromatic nitrogens is 1. The average molecular weight is 369 g/mol. The van der Waals surface area contributed by atoms with Crippen molar-refractivity contribution in [1.82, 2.24) is 4.98 Å². The van der Waals surface area contributed by atoms with Crippen LogP contribution >= 0.6 is 38.9 Å². The first-order valence-electron chi connectivity index (χ1n) is 4.57. The normalized spacial score (nSPS) is 11.4. The topological polar surface area (TPSA) is 85.1 Å². The van der Waals surface area contributed by atoms with Crippen molar-refractivity contribution in [3.05, 3.63) is 33.2 Å². The fourth-order valence-corrected chi connectivity index (χ4v) is 3.88. The van der Waals surface area contributed by atoms with Crippen molar-refractivity contribution in [2.75, 3.05) is 10.5 Å². The molecule has 3 N–H and O–H groups in total. The SMILES string of the molecule is Nc1cc(Cl)ccc1S(=O)(=O)Nc1ncc(Br)s1. The second-order valence-corrected chi connectivity index (χ2v) is 7.75. The fraction of sp³-hybridized carbons (Fsp3) is 0. The highest BCUT2D eigenvalue weighted by molar-refractivity contribution is 9.11. The Labute approximate surface area is 121 Å². The number of sulfonamides is 1. The zero-order valence-electron chi connectivity index (χ0n) is 8.72. The van der Waals surface area contributed by atoms with Gasteiger partial charge < -0.3 is 5.73 Å². The van der Waals surface area contributed by atoms with E-state index in [1.165, 1.54) is 35.7 Å². The smallest absolute Gasteiger partial charge is 0.265 e. The van der Waals surface area contributed by atoms with Crippen LogP contribution in [0.2, 0.25) is 5.02 Å². The molecule has 18 heavy (non-hydrogen) atoms. The number of nitrogens with zero attached hydrogens (tertiary/aromatic N) is 1. The van der Waals surface area contributed by atoms with Crippen LogP contribution in [-0.2, 0) is 10.0 Å². The lowest BCUT2D eigenvalue weighted by Crippen LogP contribution is -2.14. The molecule has 0 unspecified atom stereocenters. The molecule has 0 saturated heterocycles. The molecule has 2 rings (SSSR count). The highest BCUT2D eigenvalue weighted by Gasteiger charge is 2.19. The molecule has 1 heterocycles. The zero-order valence-corrected chi connectivity index (χ0v) is 12.7. The molecule has 0 amide bonds. The van der Waals surface area contributed by atoms with Gasteiger partial charge in [-0.1, -0.05) is 22.9 Å². The molecule has 0 aliphatic carbocycles. The van der Waals surface area contributed by atoms with Crippen molar-refractivity contribution in [1.29, 1.82) is 0 Å². The highest BCUT2D eigenvalue weighted by Crippen LogP contribution is 2.28. The number of hydrogen-bond donors (Lipinski definition) is 2. The van der Waals surface area contributed by atoms with Gasteiger partial charge in [0.1, 0.15) is 4.90 Å². The first kappa shape index (κ1) is 13.6. The van der Waals surface area contributed by atoms with E-state index in [0.29, 0.717) is 5.02 Å². The Bertz CT molecular complexity index is 687. The molecule has 1 aromatic carbocycles. The molecule has 0 atom stereocenters. The Balaban J connectivity index is 2.36. The monoisotopic (exact) mass is 367 g/mol. The van der Waals surface area contributed by atoms with Crippen molar-refractivity contribution in [2.24, 2.45) is 0 Å². The number of halogens is 2. The van der Waals surface area contributed by atoms with Crippen LogP contribution in [0.4, 0.5) is 10.8 Å². The molecule has 9 heteroatoms. The van der Waals surface area contributed by atoms with Gasteiger partial charge in [0.15, 0.2) is 5.13 Å². The molecule has 0 spiro atoms. The van der Waals surface area contributed by atoms with E-state index in [1.54, 1.807) is 0 Å². The summed E-state index contributed by atoms with van der Waals surface area (Å²) in [6.07, 6.45) is 1.51. The van der Waals surface area contributed by atoms with Gasteiger partial charge in [-0.2, -0.15) is 0 Å². The Morgan fingerprint density at radius 1 is 1.44 bits per heavy atom. The van der Waals surface area contributed by atoms with Crippen molar-refractivity contribution < 1.29 is 8.42 Å². The predicted octanol–water partition coefficient (Wildman–Crippen LogP) is 2.94. The molecule has 0 saturated carbocycles. The van der Waals surface area contributed by atoms with Crippen molar-refractivity contribution in [2.45, 2.75) is 4.90 Å². The lowest BCUT2D eigenvalue weighted by Gasteiger charge is -2.07. The Kier molecular flexibility index (Phi) is 3.81. The van der Waals surface area contributed by atoms with Crippen LogP contribution < -0.4 is 10.5 Å². The third-order valence-electron chi connectivity index (χ3n) is 1.96. The number of hydrogen-bond acceptors (Lipinski definition) is 5. The van der Waals surface area contributed by atoms with Crippen LogP contribution in [0.5, 0.6) is 0 Å². The minimum absolute atomic E-state index is 0.0294. The van der Waals surface area contributed by atoms with Crippen LogP contribution in [0.3, 0.4) is 0 Å². The molecule has 96 valence electrons. The van der Waals surface area contributed by atoms with E-state index in [1.807, 2.05) is 0 Å². The quantitative estimate of drug-likeness (QED) is 0.816. The fourth-order valence-electron chi connectivity index (χ4n) is 1.24. The summed E-state index contributed by atoms with van der Waals surface area (Å²) in [5.41, 5.74) is 5.73. The molecule has 0 fully saturated rings. The Morgan fingerprint density at radius 3 is 2.72 bits per heavy atom. The van der Waals surface area contributed by atoms with Crippen LogP contribution in [-0.4, -0.2) is 13.4 Å². The van der Waals surface area contributed by atoms with Crippen molar-refractivity contribution in [3.63, 3.8) is 0 Å². The number of nitrogens with two attached hydrogens (primary N) is 1. The largest absolute Gasteiger partial charge is 0.398 e. The first-order valence-corrected chi connectivity index (χ1v) is 8.05. The van der Waals surface area contributed by atoms with E-state index < -0.39 is 10.0 Å². The van der Waals surface area contributed by atoms with E-state index in [9.17, 15) is 8.42 Å². The average Bonchev–Trinajstić information content (AvgIpc) is 2.62. The molecule has 5 nitrogen and oxygen atoms in total. The summed E-state index contributed by atoms with van der Waals surface area (Å²) in [6, 6.07) is 4.20. The lowest BCUT2D eigenvalue weighted by atomic mass is 10.3. The molecule has 2 aromatic rings. The predicted molar refractivity (Wildman–Crippen MR) is 76.5 cm³/mol. The maximum atomic E-state index is 12.1. The van der Waals surface area contributed by atoms with Crippen LogP contribution in [0.15, 0.2) is 33.1 Å². The molecular weight excluding hydrogens is 362 g/mol. The molecule has 0 bridgehead atoms. The standard InChI is InChI=1S/C9H7BrClN3O2S2/c10-8-4-13-9(17-8)14-18(15,16)7-2-1-5(11)3-6(7)12/h1-4H,12H2,(H,13,14). The van der Waals surface area contributed by atoms with Gasteiger partial charge >= 0.3 is 0 Å². The maximum Gasteiger partial charge on any atom is 0.265 e. The summed E-state index contributed by atoms with van der Waals surface area (Å²) in [7, 11) is -3.75. The summed E-state index contributed by atoms with van der Waals surface area (Å²) in [6.45, 7) is 0. The van der Waals surface area contributed by atoms with E-state index in [0.717, 1.165) is 3.79 Å². The van der Waals surface area contributed by atoms with Gasteiger partial charge in [0, 0.05) is 5.02 Å². The van der Waals surface area contributed by atoms with Gasteiger partial charge in [-0.25, -0.2) is 13.4 Å². The second-order valence-electron chi connectivity index (χ2n) is 3.26. The van der Waals surface area contributed by atoms with Gasteiger partial charge in [0.25, 0.3) is 10.0 Å². The lowest BCUT2D eigenvalue weighted by molar-refractivity contribution is 0.601. The molecular formula is C9H7BrClN3O2S2. The number of benzene rings is 1. The van der Waals surface area contributed by atoms with E-state index in [-0.39, 0.29) is 15.7 Å². The molecule has 1 aromatic heterocycles. The number of thiazole rings is 1. The zero-order chi connectivity index (χ0) is 13.3. The summed E-state index contributed by atoms with van der Waals surface area (Å²) in [5.74, 6) is 0. The number of rotatable bonds is 3. The number of nitrogens with one attached hydrogen (secondary N) is 1. The van der Waals surface area contributed by atoms with Gasteiger partial charge in [0.05, 0.1) is 15.7 Å². The number of nitrogen functional groups attached to an aromatic ring is 1.